The summed E-state index contributed by atoms with van der Waals surface area (Å²) in [6.07, 6.45) is 4.23. The highest BCUT2D eigenvalue weighted by molar-refractivity contribution is 5.70. The molecule has 2 heteroatoms. The van der Waals surface area contributed by atoms with Gasteiger partial charge < -0.3 is 5.11 Å². The van der Waals surface area contributed by atoms with Gasteiger partial charge in [-0.05, 0) is 31.1 Å². The van der Waals surface area contributed by atoms with Crippen molar-refractivity contribution < 1.29 is 9.90 Å². The predicted molar refractivity (Wildman–Crippen MR) is 47.9 cm³/mol. The third-order valence-electron chi connectivity index (χ3n) is 3.06. The molecule has 3 unspecified atom stereocenters. The lowest BCUT2D eigenvalue weighted by atomic mass is 9.88. The van der Waals surface area contributed by atoms with Gasteiger partial charge >= 0.3 is 5.97 Å². The van der Waals surface area contributed by atoms with Crippen LogP contribution in [0.1, 0.15) is 39.5 Å². The fourth-order valence-corrected chi connectivity index (χ4v) is 2.33. The van der Waals surface area contributed by atoms with Gasteiger partial charge in [0.25, 0.3) is 0 Å². The first kappa shape index (κ1) is 9.56. The maximum atomic E-state index is 10.8. The molecule has 0 saturated heterocycles. The Kier molecular flexibility index (Phi) is 3.12. The van der Waals surface area contributed by atoms with Crippen molar-refractivity contribution in [3.8, 4) is 0 Å². The number of carboxylic acid groups (broad SMARTS) is 1. The third kappa shape index (κ3) is 1.99. The third-order valence-corrected chi connectivity index (χ3v) is 3.06. The Morgan fingerprint density at radius 1 is 1.58 bits per heavy atom. The molecule has 1 saturated carbocycles. The van der Waals surface area contributed by atoms with Gasteiger partial charge in [0.15, 0.2) is 0 Å². The minimum Gasteiger partial charge on any atom is -0.481 e. The van der Waals surface area contributed by atoms with Gasteiger partial charge in [0.2, 0.25) is 0 Å². The van der Waals surface area contributed by atoms with Gasteiger partial charge in [0.1, 0.15) is 0 Å². The molecule has 12 heavy (non-hydrogen) atoms. The Bertz CT molecular complexity index is 165. The highest BCUT2D eigenvalue weighted by Gasteiger charge is 2.31. The molecule has 0 radical (unpaired) electrons. The lowest BCUT2D eigenvalue weighted by Gasteiger charge is -2.17. The maximum absolute atomic E-state index is 10.8. The first-order chi connectivity index (χ1) is 5.65. The van der Waals surface area contributed by atoms with Crippen LogP contribution in [0.25, 0.3) is 0 Å². The van der Waals surface area contributed by atoms with Crippen molar-refractivity contribution in [3.63, 3.8) is 0 Å². The zero-order valence-corrected chi connectivity index (χ0v) is 7.92. The smallest absolute Gasteiger partial charge is 0.306 e. The van der Waals surface area contributed by atoms with Crippen molar-refractivity contribution in [2.24, 2.45) is 17.8 Å². The van der Waals surface area contributed by atoms with Crippen molar-refractivity contribution >= 4 is 5.97 Å². The van der Waals surface area contributed by atoms with Crippen LogP contribution in [0.15, 0.2) is 0 Å². The summed E-state index contributed by atoms with van der Waals surface area (Å²) in [4.78, 5) is 10.8. The minimum atomic E-state index is -0.600. The standard InChI is InChI=1S/C10H18O2/c1-3-9(10(11)12)8-5-4-7(2)6-8/h7-9H,3-6H2,1-2H3,(H,11,12). The van der Waals surface area contributed by atoms with Gasteiger partial charge in [-0.2, -0.15) is 0 Å². The Balaban J connectivity index is 2.49. The summed E-state index contributed by atoms with van der Waals surface area (Å²) in [5.74, 6) is 0.498. The van der Waals surface area contributed by atoms with Crippen molar-refractivity contribution in [3.05, 3.63) is 0 Å². The van der Waals surface area contributed by atoms with E-state index in [1.165, 1.54) is 6.42 Å². The molecule has 0 heterocycles. The average molecular weight is 170 g/mol. The molecular weight excluding hydrogens is 152 g/mol. The summed E-state index contributed by atoms with van der Waals surface area (Å²) < 4.78 is 0. The Hall–Kier alpha value is -0.530. The predicted octanol–water partition coefficient (Wildman–Crippen LogP) is 2.53. The van der Waals surface area contributed by atoms with E-state index in [0.717, 1.165) is 25.2 Å². The fourth-order valence-electron chi connectivity index (χ4n) is 2.33. The van der Waals surface area contributed by atoms with Crippen LogP contribution in [0.5, 0.6) is 0 Å². The minimum absolute atomic E-state index is 0.0880. The van der Waals surface area contributed by atoms with Crippen LogP contribution < -0.4 is 0 Å². The molecule has 0 bridgehead atoms. The van der Waals surface area contributed by atoms with Crippen molar-refractivity contribution in [1.82, 2.24) is 0 Å². The summed E-state index contributed by atoms with van der Waals surface area (Å²) in [6.45, 7) is 4.19. The first-order valence-corrected chi connectivity index (χ1v) is 4.88. The highest BCUT2D eigenvalue weighted by atomic mass is 16.4. The van der Waals surface area contributed by atoms with Crippen molar-refractivity contribution in [1.29, 1.82) is 0 Å². The van der Waals surface area contributed by atoms with E-state index in [2.05, 4.69) is 6.92 Å². The van der Waals surface area contributed by atoms with Gasteiger partial charge in [-0.1, -0.05) is 20.3 Å². The van der Waals surface area contributed by atoms with Crippen LogP contribution >= 0.6 is 0 Å². The average Bonchev–Trinajstić information content (AvgIpc) is 2.37. The molecule has 0 aromatic rings. The van der Waals surface area contributed by atoms with E-state index in [1.54, 1.807) is 0 Å². The van der Waals surface area contributed by atoms with Gasteiger partial charge in [-0.15, -0.1) is 0 Å². The molecule has 0 aliphatic heterocycles. The van der Waals surface area contributed by atoms with E-state index in [1.807, 2.05) is 6.92 Å². The number of hydrogen-bond donors (Lipinski definition) is 1. The molecule has 1 fully saturated rings. The molecule has 0 amide bonds. The molecule has 70 valence electrons. The summed E-state index contributed by atoms with van der Waals surface area (Å²) in [5.41, 5.74) is 0. The van der Waals surface area contributed by atoms with Gasteiger partial charge in [0.05, 0.1) is 5.92 Å². The number of rotatable bonds is 3. The Morgan fingerprint density at radius 2 is 2.25 bits per heavy atom. The number of carbonyl (C=O) groups is 1. The Labute approximate surface area is 74.0 Å². The zero-order chi connectivity index (χ0) is 9.14. The quantitative estimate of drug-likeness (QED) is 0.706. The van der Waals surface area contributed by atoms with Crippen LogP contribution in [-0.2, 0) is 4.79 Å². The molecule has 0 spiro atoms. The SMILES string of the molecule is CCC(C(=O)O)C1CCC(C)C1. The second-order valence-electron chi connectivity index (χ2n) is 4.03. The van der Waals surface area contributed by atoms with Gasteiger partial charge in [-0.3, -0.25) is 4.79 Å². The van der Waals surface area contributed by atoms with E-state index in [0.29, 0.717) is 5.92 Å². The molecule has 2 nitrogen and oxygen atoms in total. The largest absolute Gasteiger partial charge is 0.481 e. The molecule has 0 aromatic carbocycles. The van der Waals surface area contributed by atoms with Crippen LogP contribution in [-0.4, -0.2) is 11.1 Å². The maximum Gasteiger partial charge on any atom is 0.306 e. The summed E-state index contributed by atoms with van der Waals surface area (Å²) in [5, 5.41) is 8.92. The number of hydrogen-bond acceptors (Lipinski definition) is 1. The molecule has 1 aliphatic rings. The second kappa shape index (κ2) is 3.92. The lowest BCUT2D eigenvalue weighted by Crippen LogP contribution is -2.20. The van der Waals surface area contributed by atoms with Crippen LogP contribution in [0.3, 0.4) is 0 Å². The zero-order valence-electron chi connectivity index (χ0n) is 7.92. The molecule has 1 aliphatic carbocycles. The van der Waals surface area contributed by atoms with Crippen LogP contribution in [0.2, 0.25) is 0 Å². The molecule has 0 aromatic heterocycles. The summed E-state index contributed by atoms with van der Waals surface area (Å²) in [6, 6.07) is 0. The summed E-state index contributed by atoms with van der Waals surface area (Å²) in [7, 11) is 0. The first-order valence-electron chi connectivity index (χ1n) is 4.88. The van der Waals surface area contributed by atoms with E-state index in [9.17, 15) is 4.79 Å². The summed E-state index contributed by atoms with van der Waals surface area (Å²) >= 11 is 0. The number of aliphatic carboxylic acids is 1. The number of carboxylic acids is 1. The fraction of sp³-hybridized carbons (Fsp3) is 0.900. The molecule has 1 N–H and O–H groups in total. The van der Waals surface area contributed by atoms with E-state index in [-0.39, 0.29) is 5.92 Å². The topological polar surface area (TPSA) is 37.3 Å². The van der Waals surface area contributed by atoms with Gasteiger partial charge in [0, 0.05) is 0 Å². The Morgan fingerprint density at radius 3 is 2.58 bits per heavy atom. The second-order valence-corrected chi connectivity index (χ2v) is 4.03. The van der Waals surface area contributed by atoms with Crippen LogP contribution in [0.4, 0.5) is 0 Å². The lowest BCUT2D eigenvalue weighted by molar-refractivity contribution is -0.143. The van der Waals surface area contributed by atoms with E-state index in [4.69, 9.17) is 5.11 Å². The molecular formula is C10H18O2. The highest BCUT2D eigenvalue weighted by Crippen LogP contribution is 2.36. The molecule has 1 rings (SSSR count). The van der Waals surface area contributed by atoms with Crippen LogP contribution in [0, 0.1) is 17.8 Å². The monoisotopic (exact) mass is 170 g/mol. The van der Waals surface area contributed by atoms with Gasteiger partial charge in [-0.25, -0.2) is 0 Å². The normalized spacial score (nSPS) is 31.8. The van der Waals surface area contributed by atoms with Crippen molar-refractivity contribution in [2.75, 3.05) is 0 Å². The van der Waals surface area contributed by atoms with E-state index < -0.39 is 5.97 Å². The van der Waals surface area contributed by atoms with Crippen molar-refractivity contribution in [2.45, 2.75) is 39.5 Å². The molecule has 3 atom stereocenters. The van der Waals surface area contributed by atoms with E-state index >= 15 is 0 Å².